The van der Waals surface area contributed by atoms with Crippen LogP contribution < -0.4 is 11.1 Å². The summed E-state index contributed by atoms with van der Waals surface area (Å²) >= 11 is 1.41. The summed E-state index contributed by atoms with van der Waals surface area (Å²) < 4.78 is 5.70. The van der Waals surface area contributed by atoms with E-state index in [1.54, 1.807) is 26.3 Å². The number of hydrogen-bond donors (Lipinski definition) is 3. The first-order chi connectivity index (χ1) is 18.8. The van der Waals surface area contributed by atoms with Gasteiger partial charge in [0, 0.05) is 24.3 Å². The number of imide groups is 1. The van der Waals surface area contributed by atoms with E-state index in [1.165, 1.54) is 11.3 Å². The summed E-state index contributed by atoms with van der Waals surface area (Å²) in [7, 11) is 0. The molecular weight excluding hydrogens is 528 g/mol. The van der Waals surface area contributed by atoms with Crippen LogP contribution in [0.25, 0.3) is 0 Å². The largest absolute Gasteiger partial charge is 0.443 e. The summed E-state index contributed by atoms with van der Waals surface area (Å²) in [6.07, 6.45) is 5.88. The highest BCUT2D eigenvalue weighted by Crippen LogP contribution is 2.32. The second kappa shape index (κ2) is 16.4. The maximum Gasteiger partial charge on any atom is 0.417 e. The lowest BCUT2D eigenvalue weighted by molar-refractivity contribution is -0.137. The Kier molecular flexibility index (Phi) is 14.0. The number of aliphatic hydroxyl groups is 1. The molecule has 4 N–H and O–H groups in total. The zero-order chi connectivity index (χ0) is 29.9. The first-order valence-corrected chi connectivity index (χ1v) is 15.9. The van der Waals surface area contributed by atoms with Gasteiger partial charge in [-0.15, -0.1) is 11.3 Å². The van der Waals surface area contributed by atoms with Gasteiger partial charge in [0.1, 0.15) is 5.60 Å². The number of hydrogen-bond acceptors (Lipinski definition) is 8. The van der Waals surface area contributed by atoms with Crippen molar-refractivity contribution in [3.05, 3.63) is 16.6 Å². The summed E-state index contributed by atoms with van der Waals surface area (Å²) in [5, 5.41) is 16.6. The van der Waals surface area contributed by atoms with E-state index in [1.807, 2.05) is 19.2 Å². The van der Waals surface area contributed by atoms with E-state index in [2.05, 4.69) is 17.2 Å². The van der Waals surface area contributed by atoms with Crippen LogP contribution >= 0.6 is 11.3 Å². The van der Waals surface area contributed by atoms with E-state index in [9.17, 15) is 19.5 Å². The number of nitrogens with zero attached hydrogens (tertiary/aromatic N) is 2. The maximum absolute atomic E-state index is 13.9. The van der Waals surface area contributed by atoms with Gasteiger partial charge in [-0.1, -0.05) is 59.3 Å². The molecule has 3 amide bonds. The minimum atomic E-state index is -1.12. The molecule has 40 heavy (non-hydrogen) atoms. The lowest BCUT2D eigenvalue weighted by Crippen LogP contribution is -2.57. The van der Waals surface area contributed by atoms with Crippen molar-refractivity contribution in [3.8, 4) is 0 Å². The van der Waals surface area contributed by atoms with Gasteiger partial charge >= 0.3 is 6.09 Å². The number of nitrogens with two attached hydrogens (primary N) is 1. The molecule has 2 rings (SSSR count). The van der Waals surface area contributed by atoms with Crippen molar-refractivity contribution in [2.24, 2.45) is 23.5 Å². The molecule has 0 aromatic carbocycles. The van der Waals surface area contributed by atoms with Crippen molar-refractivity contribution in [2.45, 2.75) is 130 Å². The third-order valence-corrected chi connectivity index (χ3v) is 8.23. The molecule has 0 saturated heterocycles. The van der Waals surface area contributed by atoms with Crippen LogP contribution in [0.15, 0.2) is 10.9 Å². The Bertz CT molecular complexity index is 912. The standard InChI is InChI=1S/C30H52N4O5S/c1-7-8-14-32-27(36)23(20(2)3)17-26(35)25(15-21-12-10-9-11-13-21)34(29(38)39-30(4,5)6)28(37)24(31)16-22-18-40-19-33-22/h18-21,23-26,35H,7-17,31H2,1-6H3,(H,32,36)/t23-,24-,25-,26-/m0/s1. The number of unbranched alkanes of at least 4 members (excludes halogenated alkanes) is 1. The predicted molar refractivity (Wildman–Crippen MR) is 159 cm³/mol. The lowest BCUT2D eigenvalue weighted by atomic mass is 9.80. The Balaban J connectivity index is 2.41. The number of nitrogens with one attached hydrogen (secondary N) is 1. The van der Waals surface area contributed by atoms with Gasteiger partial charge < -0.3 is 20.9 Å². The molecule has 10 heteroatoms. The van der Waals surface area contributed by atoms with Gasteiger partial charge in [-0.05, 0) is 51.9 Å². The normalized spacial score (nSPS) is 17.6. The molecule has 0 radical (unpaired) electrons. The van der Waals surface area contributed by atoms with Crippen molar-refractivity contribution in [3.63, 3.8) is 0 Å². The molecule has 1 aromatic heterocycles. The Morgan fingerprint density at radius 2 is 1.90 bits per heavy atom. The summed E-state index contributed by atoms with van der Waals surface area (Å²) in [6.45, 7) is 11.8. The third kappa shape index (κ3) is 11.1. The fourth-order valence-corrected chi connectivity index (χ4v) is 5.92. The highest BCUT2D eigenvalue weighted by molar-refractivity contribution is 7.07. The minimum absolute atomic E-state index is 0.0378. The summed E-state index contributed by atoms with van der Waals surface area (Å²) in [4.78, 5) is 45.9. The number of thiazole rings is 1. The number of amides is 3. The molecule has 4 atom stereocenters. The van der Waals surface area contributed by atoms with Crippen LogP contribution in [0.4, 0.5) is 4.79 Å². The topological polar surface area (TPSA) is 135 Å². The van der Waals surface area contributed by atoms with Crippen molar-refractivity contribution in [1.29, 1.82) is 0 Å². The summed E-state index contributed by atoms with van der Waals surface area (Å²) in [6, 6.07) is -1.90. The van der Waals surface area contributed by atoms with Gasteiger partial charge in [0.2, 0.25) is 11.8 Å². The van der Waals surface area contributed by atoms with Gasteiger partial charge in [-0.2, -0.15) is 0 Å². The minimum Gasteiger partial charge on any atom is -0.443 e. The average molecular weight is 581 g/mol. The number of aromatic nitrogens is 1. The number of aliphatic hydroxyl groups excluding tert-OH is 1. The van der Waals surface area contributed by atoms with Gasteiger partial charge in [-0.3, -0.25) is 9.59 Å². The molecule has 0 spiro atoms. The molecule has 1 fully saturated rings. The highest BCUT2D eigenvalue weighted by atomic mass is 32.1. The molecule has 9 nitrogen and oxygen atoms in total. The van der Waals surface area contributed by atoms with Gasteiger partial charge in [0.05, 0.1) is 29.4 Å². The van der Waals surface area contributed by atoms with E-state index in [0.717, 1.165) is 49.8 Å². The van der Waals surface area contributed by atoms with Crippen LogP contribution in [-0.4, -0.2) is 63.2 Å². The third-order valence-electron chi connectivity index (χ3n) is 7.60. The first kappa shape index (κ1) is 34.2. The molecule has 1 aromatic rings. The zero-order valence-electron chi connectivity index (χ0n) is 25.4. The Hall–Kier alpha value is -2.04. The van der Waals surface area contributed by atoms with E-state index in [-0.39, 0.29) is 30.6 Å². The molecule has 0 aliphatic heterocycles. The number of carbonyl (C=O) groups excluding carboxylic acids is 3. The fourth-order valence-electron chi connectivity index (χ4n) is 5.35. The molecule has 228 valence electrons. The second-order valence-corrected chi connectivity index (χ2v) is 13.3. The molecule has 0 unspecified atom stereocenters. The Morgan fingerprint density at radius 3 is 2.45 bits per heavy atom. The van der Waals surface area contributed by atoms with Crippen LogP contribution in [0.3, 0.4) is 0 Å². The molecule has 1 aliphatic rings. The van der Waals surface area contributed by atoms with Crippen LogP contribution in [0, 0.1) is 17.8 Å². The van der Waals surface area contributed by atoms with Crippen molar-refractivity contribution in [2.75, 3.05) is 6.54 Å². The molecule has 1 saturated carbocycles. The SMILES string of the molecule is CCCCNC(=O)[C@@H](C[C@H](O)[C@H](CC1CCCCC1)N(C(=O)OC(C)(C)C)C(=O)[C@@H](N)Cc1cscn1)C(C)C. The zero-order valence-corrected chi connectivity index (χ0v) is 26.2. The highest BCUT2D eigenvalue weighted by Gasteiger charge is 2.42. The van der Waals surface area contributed by atoms with Crippen LogP contribution in [0.2, 0.25) is 0 Å². The predicted octanol–water partition coefficient (Wildman–Crippen LogP) is 5.06. The maximum atomic E-state index is 13.9. The van der Waals surface area contributed by atoms with E-state index >= 15 is 0 Å². The molecule has 1 heterocycles. The lowest BCUT2D eigenvalue weighted by Gasteiger charge is -2.39. The Morgan fingerprint density at radius 1 is 1.23 bits per heavy atom. The molecule has 1 aliphatic carbocycles. The Labute approximate surface area is 244 Å². The average Bonchev–Trinajstić information content (AvgIpc) is 3.39. The van der Waals surface area contributed by atoms with E-state index in [0.29, 0.717) is 18.7 Å². The van der Waals surface area contributed by atoms with Crippen LogP contribution in [0.1, 0.15) is 105 Å². The second-order valence-electron chi connectivity index (χ2n) is 12.6. The van der Waals surface area contributed by atoms with Crippen molar-refractivity contribution >= 4 is 29.2 Å². The summed E-state index contributed by atoms with van der Waals surface area (Å²) in [5.74, 6) is -0.981. The molecule has 0 bridgehead atoms. The van der Waals surface area contributed by atoms with E-state index in [4.69, 9.17) is 10.5 Å². The smallest absolute Gasteiger partial charge is 0.417 e. The number of carbonyl (C=O) groups is 3. The van der Waals surface area contributed by atoms with Crippen molar-refractivity contribution < 1.29 is 24.2 Å². The first-order valence-electron chi connectivity index (χ1n) is 15.0. The number of ether oxygens (including phenoxy) is 1. The van der Waals surface area contributed by atoms with Crippen LogP contribution in [-0.2, 0) is 20.7 Å². The monoisotopic (exact) mass is 580 g/mol. The van der Waals surface area contributed by atoms with Gasteiger partial charge in [0.25, 0.3) is 0 Å². The molecular formula is C30H52N4O5S. The van der Waals surface area contributed by atoms with Crippen molar-refractivity contribution in [1.82, 2.24) is 15.2 Å². The van der Waals surface area contributed by atoms with Gasteiger partial charge in [-0.25, -0.2) is 14.7 Å². The van der Waals surface area contributed by atoms with E-state index < -0.39 is 41.7 Å². The fraction of sp³-hybridized carbons (Fsp3) is 0.800. The number of rotatable bonds is 14. The summed E-state index contributed by atoms with van der Waals surface area (Å²) in [5.41, 5.74) is 7.86. The quantitative estimate of drug-likeness (QED) is 0.262. The van der Waals surface area contributed by atoms with Crippen LogP contribution in [0.5, 0.6) is 0 Å². The van der Waals surface area contributed by atoms with Gasteiger partial charge in [0.15, 0.2) is 0 Å².